The molecule has 148 valence electrons. The quantitative estimate of drug-likeness (QED) is 0.243. The van der Waals surface area contributed by atoms with Gasteiger partial charge in [-0.25, -0.2) is 0 Å². The lowest BCUT2D eigenvalue weighted by Gasteiger charge is -2.09. The van der Waals surface area contributed by atoms with Crippen LogP contribution in [0.15, 0.2) is 76.4 Å². The molecule has 2 atom stereocenters. The van der Waals surface area contributed by atoms with Gasteiger partial charge in [0.1, 0.15) is 6.61 Å². The first kappa shape index (κ1) is 20.7. The largest absolute Gasteiger partial charge is 0.391 e. The lowest BCUT2D eigenvalue weighted by atomic mass is 10.0. The Bertz CT molecular complexity index is 1030. The van der Waals surface area contributed by atoms with E-state index < -0.39 is 0 Å². The third kappa shape index (κ3) is 5.16. The second-order valence-corrected chi connectivity index (χ2v) is 9.19. The van der Waals surface area contributed by atoms with E-state index in [0.29, 0.717) is 21.9 Å². The van der Waals surface area contributed by atoms with Crippen LogP contribution in [0.25, 0.3) is 0 Å². The summed E-state index contributed by atoms with van der Waals surface area (Å²) in [5, 5.41) is 6.44. The maximum Gasteiger partial charge on any atom is 0.143 e. The SMILES string of the molecule is Clc1ccc([C@H]2C[C@H]2/C(=N\OCc2ccc(Cl)cc2Cl)c2ccc(Br)cc2)cc1. The van der Waals surface area contributed by atoms with Crippen molar-refractivity contribution in [3.05, 3.63) is 103 Å². The van der Waals surface area contributed by atoms with Crippen molar-refractivity contribution in [2.75, 3.05) is 0 Å². The third-order valence-electron chi connectivity index (χ3n) is 4.98. The Morgan fingerprint density at radius 3 is 2.31 bits per heavy atom. The highest BCUT2D eigenvalue weighted by Gasteiger charge is 2.43. The number of hydrogen-bond acceptors (Lipinski definition) is 2. The van der Waals surface area contributed by atoms with E-state index in [9.17, 15) is 0 Å². The summed E-state index contributed by atoms with van der Waals surface area (Å²) >= 11 is 21.7. The Labute approximate surface area is 193 Å². The molecule has 6 heteroatoms. The first-order chi connectivity index (χ1) is 14.0. The van der Waals surface area contributed by atoms with E-state index in [4.69, 9.17) is 39.6 Å². The average molecular weight is 510 g/mol. The molecule has 0 bridgehead atoms. The van der Waals surface area contributed by atoms with Crippen LogP contribution in [0, 0.1) is 5.92 Å². The second kappa shape index (κ2) is 9.09. The van der Waals surface area contributed by atoms with Gasteiger partial charge >= 0.3 is 0 Å². The van der Waals surface area contributed by atoms with Gasteiger partial charge in [0.25, 0.3) is 0 Å². The first-order valence-electron chi connectivity index (χ1n) is 9.16. The van der Waals surface area contributed by atoms with Crippen LogP contribution < -0.4 is 0 Å². The van der Waals surface area contributed by atoms with Crippen LogP contribution in [0.4, 0.5) is 0 Å². The summed E-state index contributed by atoms with van der Waals surface area (Å²) in [7, 11) is 0. The zero-order valence-electron chi connectivity index (χ0n) is 15.3. The standard InChI is InChI=1S/C23H17BrCl3NO/c24-17-6-1-15(2-7-17)23(21-12-20(21)14-3-8-18(25)9-4-14)28-29-13-16-5-10-19(26)11-22(16)27/h1-11,20-21H,12-13H2/b28-23-/t20-,21-/m1/s1. The highest BCUT2D eigenvalue weighted by atomic mass is 79.9. The van der Waals surface area contributed by atoms with Crippen LogP contribution in [-0.4, -0.2) is 5.71 Å². The number of halogens is 4. The van der Waals surface area contributed by atoms with Gasteiger partial charge in [-0.3, -0.25) is 0 Å². The number of benzene rings is 3. The molecule has 0 aromatic heterocycles. The van der Waals surface area contributed by atoms with Crippen LogP contribution in [0.5, 0.6) is 0 Å². The molecule has 0 unspecified atom stereocenters. The molecule has 0 saturated heterocycles. The fourth-order valence-electron chi connectivity index (χ4n) is 3.34. The fraction of sp³-hybridized carbons (Fsp3) is 0.174. The minimum atomic E-state index is 0.286. The minimum Gasteiger partial charge on any atom is -0.391 e. The lowest BCUT2D eigenvalue weighted by molar-refractivity contribution is 0.130. The van der Waals surface area contributed by atoms with E-state index in [2.05, 4.69) is 45.4 Å². The van der Waals surface area contributed by atoms with Crippen molar-refractivity contribution in [3.63, 3.8) is 0 Å². The summed E-state index contributed by atoms with van der Waals surface area (Å²) < 4.78 is 1.03. The van der Waals surface area contributed by atoms with E-state index >= 15 is 0 Å². The highest BCUT2D eigenvalue weighted by molar-refractivity contribution is 9.10. The van der Waals surface area contributed by atoms with Crippen molar-refractivity contribution >= 4 is 56.4 Å². The Hall–Kier alpha value is -1.52. The molecule has 29 heavy (non-hydrogen) atoms. The van der Waals surface area contributed by atoms with Gasteiger partial charge in [-0.1, -0.05) is 86.2 Å². The third-order valence-corrected chi connectivity index (χ3v) is 6.35. The van der Waals surface area contributed by atoms with Crippen molar-refractivity contribution in [3.8, 4) is 0 Å². The fourth-order valence-corrected chi connectivity index (χ4v) is 4.19. The van der Waals surface area contributed by atoms with Crippen molar-refractivity contribution in [2.45, 2.75) is 18.9 Å². The Kier molecular flexibility index (Phi) is 6.50. The monoisotopic (exact) mass is 507 g/mol. The van der Waals surface area contributed by atoms with Gasteiger partial charge in [-0.15, -0.1) is 0 Å². The van der Waals surface area contributed by atoms with Gasteiger partial charge in [-0.2, -0.15) is 0 Å². The summed E-state index contributed by atoms with van der Waals surface area (Å²) in [6.45, 7) is 0.286. The van der Waals surface area contributed by atoms with E-state index in [0.717, 1.165) is 32.8 Å². The first-order valence-corrected chi connectivity index (χ1v) is 11.1. The van der Waals surface area contributed by atoms with E-state index in [1.54, 1.807) is 12.1 Å². The number of oxime groups is 1. The molecule has 1 saturated carbocycles. The topological polar surface area (TPSA) is 21.6 Å². The molecule has 3 aromatic rings. The van der Waals surface area contributed by atoms with E-state index in [1.807, 2.05) is 30.3 Å². The summed E-state index contributed by atoms with van der Waals surface area (Å²) in [6, 6.07) is 21.5. The molecule has 1 aliphatic rings. The maximum absolute atomic E-state index is 6.24. The van der Waals surface area contributed by atoms with E-state index in [-0.39, 0.29) is 6.61 Å². The smallest absolute Gasteiger partial charge is 0.143 e. The molecule has 2 nitrogen and oxygen atoms in total. The summed E-state index contributed by atoms with van der Waals surface area (Å²) in [6.07, 6.45) is 1.03. The van der Waals surface area contributed by atoms with Gasteiger partial charge in [0.05, 0.1) is 5.71 Å². The van der Waals surface area contributed by atoms with Crippen LogP contribution in [0.2, 0.25) is 15.1 Å². The van der Waals surface area contributed by atoms with Crippen molar-refractivity contribution in [2.24, 2.45) is 11.1 Å². The molecule has 0 heterocycles. The summed E-state index contributed by atoms with van der Waals surface area (Å²) in [5.74, 6) is 0.718. The predicted octanol–water partition coefficient (Wildman–Crippen LogP) is 8.13. The van der Waals surface area contributed by atoms with Gasteiger partial charge in [-0.05, 0) is 59.9 Å². The molecule has 0 aliphatic heterocycles. The van der Waals surface area contributed by atoms with Gasteiger partial charge in [0.2, 0.25) is 0 Å². The molecule has 0 spiro atoms. The van der Waals surface area contributed by atoms with Crippen molar-refractivity contribution in [1.82, 2.24) is 0 Å². The zero-order valence-corrected chi connectivity index (χ0v) is 19.1. The van der Waals surface area contributed by atoms with Gasteiger partial charge < -0.3 is 4.84 Å². The van der Waals surface area contributed by atoms with Crippen LogP contribution in [-0.2, 0) is 11.4 Å². The molecule has 0 N–H and O–H groups in total. The average Bonchev–Trinajstić information content (AvgIpc) is 3.49. The second-order valence-electron chi connectivity index (χ2n) is 6.99. The number of rotatable bonds is 6. The normalized spacial score (nSPS) is 18.6. The van der Waals surface area contributed by atoms with Crippen LogP contribution >= 0.6 is 50.7 Å². The molecular formula is C23H17BrCl3NO. The minimum absolute atomic E-state index is 0.286. The Morgan fingerprint density at radius 1 is 0.931 bits per heavy atom. The molecular weight excluding hydrogens is 493 g/mol. The molecule has 4 rings (SSSR count). The zero-order chi connectivity index (χ0) is 20.4. The van der Waals surface area contributed by atoms with Gasteiger partial charge in [0.15, 0.2) is 0 Å². The van der Waals surface area contributed by atoms with Crippen LogP contribution in [0.3, 0.4) is 0 Å². The number of nitrogens with zero attached hydrogens (tertiary/aromatic N) is 1. The summed E-state index contributed by atoms with van der Waals surface area (Å²) in [4.78, 5) is 5.72. The van der Waals surface area contributed by atoms with Crippen molar-refractivity contribution < 1.29 is 4.84 Å². The molecule has 1 aliphatic carbocycles. The molecule has 0 radical (unpaired) electrons. The lowest BCUT2D eigenvalue weighted by Crippen LogP contribution is -2.07. The van der Waals surface area contributed by atoms with E-state index in [1.165, 1.54) is 5.56 Å². The maximum atomic E-state index is 6.24. The van der Waals surface area contributed by atoms with Crippen LogP contribution in [0.1, 0.15) is 29.0 Å². The van der Waals surface area contributed by atoms with Crippen molar-refractivity contribution in [1.29, 1.82) is 0 Å². The predicted molar refractivity (Wildman–Crippen MR) is 124 cm³/mol. The Balaban J connectivity index is 1.55. The molecule has 3 aromatic carbocycles. The van der Waals surface area contributed by atoms with Gasteiger partial charge in [0, 0.05) is 31.0 Å². The molecule has 0 amide bonds. The molecule has 1 fully saturated rings. The number of hydrogen-bond donors (Lipinski definition) is 0. The summed E-state index contributed by atoms with van der Waals surface area (Å²) in [5.41, 5.74) is 4.12. The highest BCUT2D eigenvalue weighted by Crippen LogP contribution is 2.49. The Morgan fingerprint density at radius 2 is 1.62 bits per heavy atom.